The summed E-state index contributed by atoms with van der Waals surface area (Å²) >= 11 is 1.80. The van der Waals surface area contributed by atoms with Crippen LogP contribution in [0.2, 0.25) is 0 Å². The van der Waals surface area contributed by atoms with Gasteiger partial charge in [-0.25, -0.2) is 0 Å². The minimum atomic E-state index is -0.0456. The van der Waals surface area contributed by atoms with Crippen LogP contribution in [0.25, 0.3) is 0 Å². The van der Waals surface area contributed by atoms with Crippen LogP contribution in [0.3, 0.4) is 0 Å². The molecule has 0 saturated carbocycles. The van der Waals surface area contributed by atoms with E-state index in [4.69, 9.17) is 4.74 Å². The van der Waals surface area contributed by atoms with Crippen molar-refractivity contribution in [3.63, 3.8) is 0 Å². The number of hydrogen-bond donors (Lipinski definition) is 0. The van der Waals surface area contributed by atoms with Gasteiger partial charge in [0, 0.05) is 18.8 Å². The third-order valence-electron chi connectivity index (χ3n) is 2.88. The lowest BCUT2D eigenvalue weighted by Crippen LogP contribution is -2.41. The lowest BCUT2D eigenvalue weighted by atomic mass is 9.99. The van der Waals surface area contributed by atoms with Gasteiger partial charge in [-0.3, -0.25) is 9.79 Å². The molecule has 0 aromatic carbocycles. The number of carbonyl (C=O) groups is 1. The molecule has 2 heterocycles. The van der Waals surface area contributed by atoms with Gasteiger partial charge in [-0.1, -0.05) is 11.8 Å². The number of carbonyl (C=O) groups excluding carboxylic acids is 1. The van der Waals surface area contributed by atoms with Crippen molar-refractivity contribution in [2.24, 2.45) is 10.9 Å². The van der Waals surface area contributed by atoms with E-state index in [1.165, 1.54) is 0 Å². The van der Waals surface area contributed by atoms with E-state index in [9.17, 15) is 4.79 Å². The maximum absolute atomic E-state index is 11.7. The summed E-state index contributed by atoms with van der Waals surface area (Å²) in [6.07, 6.45) is 2.01. The minimum absolute atomic E-state index is 0. The second kappa shape index (κ2) is 7.11. The molecular formula is C11H19ClN2O2S. The zero-order valence-corrected chi connectivity index (χ0v) is 11.7. The smallest absolute Gasteiger partial charge is 0.310 e. The Kier molecular flexibility index (Phi) is 6.12. The summed E-state index contributed by atoms with van der Waals surface area (Å²) in [6.45, 7) is 5.06. The van der Waals surface area contributed by atoms with Crippen LogP contribution >= 0.6 is 24.2 Å². The van der Waals surface area contributed by atoms with Gasteiger partial charge >= 0.3 is 5.97 Å². The highest BCUT2D eigenvalue weighted by Crippen LogP contribution is 2.23. The van der Waals surface area contributed by atoms with Crippen LogP contribution in [0.5, 0.6) is 0 Å². The maximum atomic E-state index is 11.7. The zero-order valence-electron chi connectivity index (χ0n) is 10.1. The molecule has 6 heteroatoms. The Morgan fingerprint density at radius 1 is 1.65 bits per heavy atom. The van der Waals surface area contributed by atoms with Gasteiger partial charge in [-0.15, -0.1) is 12.4 Å². The summed E-state index contributed by atoms with van der Waals surface area (Å²) in [4.78, 5) is 18.4. The summed E-state index contributed by atoms with van der Waals surface area (Å²) in [5, 5.41) is 1.12. The maximum Gasteiger partial charge on any atom is 0.310 e. The molecule has 0 amide bonds. The quantitative estimate of drug-likeness (QED) is 0.722. The predicted octanol–water partition coefficient (Wildman–Crippen LogP) is 1.79. The Labute approximate surface area is 113 Å². The second-order valence-electron chi connectivity index (χ2n) is 4.05. The van der Waals surface area contributed by atoms with Crippen LogP contribution in [0.1, 0.15) is 19.8 Å². The number of halogens is 1. The van der Waals surface area contributed by atoms with Crippen LogP contribution in [0, 0.1) is 5.92 Å². The van der Waals surface area contributed by atoms with Gasteiger partial charge in [0.25, 0.3) is 0 Å². The zero-order chi connectivity index (χ0) is 11.4. The van der Waals surface area contributed by atoms with E-state index >= 15 is 0 Å². The molecule has 1 saturated heterocycles. The molecule has 0 radical (unpaired) electrons. The van der Waals surface area contributed by atoms with Crippen molar-refractivity contribution >= 4 is 35.3 Å². The number of likely N-dealkylation sites (tertiary alicyclic amines) is 1. The number of amidine groups is 1. The molecule has 98 valence electrons. The van der Waals surface area contributed by atoms with Gasteiger partial charge in [-0.05, 0) is 19.8 Å². The van der Waals surface area contributed by atoms with E-state index in [1.807, 2.05) is 6.92 Å². The lowest BCUT2D eigenvalue weighted by molar-refractivity contribution is -0.149. The Morgan fingerprint density at radius 2 is 2.47 bits per heavy atom. The Morgan fingerprint density at radius 3 is 3.12 bits per heavy atom. The first-order valence-electron chi connectivity index (χ1n) is 5.90. The molecular weight excluding hydrogens is 260 g/mol. The molecule has 2 aliphatic rings. The van der Waals surface area contributed by atoms with Crippen molar-refractivity contribution in [3.8, 4) is 0 Å². The highest BCUT2D eigenvalue weighted by Gasteiger charge is 2.29. The Hall–Kier alpha value is -0.420. The molecule has 0 N–H and O–H groups in total. The van der Waals surface area contributed by atoms with Gasteiger partial charge in [-0.2, -0.15) is 0 Å². The third-order valence-corrected chi connectivity index (χ3v) is 3.91. The molecule has 2 aliphatic heterocycles. The molecule has 0 aliphatic carbocycles. The second-order valence-corrected chi connectivity index (χ2v) is 5.11. The topological polar surface area (TPSA) is 41.9 Å². The highest BCUT2D eigenvalue weighted by molar-refractivity contribution is 8.14. The number of rotatable bonds is 2. The molecule has 1 unspecified atom stereocenters. The molecule has 2 rings (SSSR count). The molecule has 0 aromatic heterocycles. The first kappa shape index (κ1) is 14.6. The fraction of sp³-hybridized carbons (Fsp3) is 0.818. The fourth-order valence-electron chi connectivity index (χ4n) is 2.12. The first-order valence-corrected chi connectivity index (χ1v) is 6.88. The number of nitrogens with zero attached hydrogens (tertiary/aromatic N) is 2. The molecule has 0 aromatic rings. The molecule has 17 heavy (non-hydrogen) atoms. The lowest BCUT2D eigenvalue weighted by Gasteiger charge is -2.32. The highest BCUT2D eigenvalue weighted by atomic mass is 35.5. The van der Waals surface area contributed by atoms with E-state index < -0.39 is 0 Å². The van der Waals surface area contributed by atoms with Crippen LogP contribution in [-0.4, -0.2) is 48.0 Å². The third kappa shape index (κ3) is 3.78. The summed E-state index contributed by atoms with van der Waals surface area (Å²) < 4.78 is 5.08. The average molecular weight is 279 g/mol. The van der Waals surface area contributed by atoms with E-state index in [1.54, 1.807) is 11.8 Å². The molecule has 0 spiro atoms. The van der Waals surface area contributed by atoms with Crippen LogP contribution in [0.4, 0.5) is 0 Å². The number of esters is 1. The van der Waals surface area contributed by atoms with E-state index in [0.29, 0.717) is 6.61 Å². The summed E-state index contributed by atoms with van der Waals surface area (Å²) in [5.74, 6) is 1.07. The number of ether oxygens (including phenoxy) is 1. The van der Waals surface area contributed by atoms with E-state index in [2.05, 4.69) is 9.89 Å². The monoisotopic (exact) mass is 278 g/mol. The van der Waals surface area contributed by atoms with Gasteiger partial charge < -0.3 is 9.64 Å². The first-order chi connectivity index (χ1) is 7.81. The van der Waals surface area contributed by atoms with Gasteiger partial charge in [0.2, 0.25) is 0 Å². The Bertz CT molecular complexity index is 299. The van der Waals surface area contributed by atoms with Gasteiger partial charge in [0.05, 0.1) is 19.1 Å². The number of hydrogen-bond acceptors (Lipinski definition) is 5. The van der Waals surface area contributed by atoms with Crippen molar-refractivity contribution in [3.05, 3.63) is 0 Å². The average Bonchev–Trinajstić information content (AvgIpc) is 2.83. The largest absolute Gasteiger partial charge is 0.466 e. The Balaban J connectivity index is 0.00000144. The van der Waals surface area contributed by atoms with Crippen molar-refractivity contribution in [1.82, 2.24) is 4.90 Å². The van der Waals surface area contributed by atoms with Crippen LogP contribution < -0.4 is 0 Å². The number of aliphatic imine (C=N–C) groups is 1. The minimum Gasteiger partial charge on any atom is -0.466 e. The summed E-state index contributed by atoms with van der Waals surface area (Å²) in [5.41, 5.74) is 0. The van der Waals surface area contributed by atoms with Crippen molar-refractivity contribution in [1.29, 1.82) is 0 Å². The normalized spacial score (nSPS) is 23.9. The summed E-state index contributed by atoms with van der Waals surface area (Å²) in [6, 6.07) is 0. The van der Waals surface area contributed by atoms with Crippen molar-refractivity contribution < 1.29 is 9.53 Å². The SMILES string of the molecule is CCOC(=O)C1CCCN(C2=NCCS2)C1.Cl. The standard InChI is InChI=1S/C11H18N2O2S.ClH/c1-2-15-10(14)9-4-3-6-13(8-9)11-12-5-7-16-11;/h9H,2-8H2,1H3;1H. The van der Waals surface area contributed by atoms with Crippen LogP contribution in [0.15, 0.2) is 4.99 Å². The molecule has 1 atom stereocenters. The van der Waals surface area contributed by atoms with E-state index in [-0.39, 0.29) is 24.3 Å². The fourth-order valence-corrected chi connectivity index (χ4v) is 3.01. The summed E-state index contributed by atoms with van der Waals surface area (Å²) in [7, 11) is 0. The van der Waals surface area contributed by atoms with Crippen molar-refractivity contribution in [2.75, 3.05) is 32.0 Å². The van der Waals surface area contributed by atoms with Crippen molar-refractivity contribution in [2.45, 2.75) is 19.8 Å². The number of thioether (sulfide) groups is 1. The molecule has 0 bridgehead atoms. The van der Waals surface area contributed by atoms with E-state index in [0.717, 1.165) is 43.4 Å². The van der Waals surface area contributed by atoms with Gasteiger partial charge in [0.1, 0.15) is 0 Å². The predicted molar refractivity (Wildman–Crippen MR) is 72.9 cm³/mol. The molecule has 4 nitrogen and oxygen atoms in total. The molecule has 1 fully saturated rings. The van der Waals surface area contributed by atoms with Crippen LogP contribution in [-0.2, 0) is 9.53 Å². The van der Waals surface area contributed by atoms with Gasteiger partial charge in [0.15, 0.2) is 5.17 Å². The number of piperidine rings is 1.